The fourth-order valence-electron chi connectivity index (χ4n) is 10.1. The SMILES string of the molecule is CC(C)(C)c1ccc2c(c1)Oc1cc(-c3ccccc3)cc3c1B2c1cc(-c2ccccc2-c2ccccc2)cc2c4cc(-c5ccccc5-c5ccccc5)ccc4n-3c12. The van der Waals surface area contributed by atoms with Gasteiger partial charge in [-0.25, -0.2) is 0 Å². The van der Waals surface area contributed by atoms with Crippen LogP contribution in [0.3, 0.4) is 0 Å². The Kier molecular flexibility index (Phi) is 7.93. The number of nitrogens with zero attached hydrogens (tertiary/aromatic N) is 1. The van der Waals surface area contributed by atoms with Crippen LogP contribution >= 0.6 is 0 Å². The van der Waals surface area contributed by atoms with E-state index in [9.17, 15) is 0 Å². The van der Waals surface area contributed by atoms with Gasteiger partial charge < -0.3 is 9.30 Å². The Balaban J connectivity index is 1.20. The second-order valence-electron chi connectivity index (χ2n) is 17.7. The van der Waals surface area contributed by atoms with Crippen molar-refractivity contribution in [2.45, 2.75) is 26.2 Å². The predicted molar refractivity (Wildman–Crippen MR) is 258 cm³/mol. The molecule has 10 aromatic rings. The lowest BCUT2D eigenvalue weighted by Crippen LogP contribution is -2.58. The maximum absolute atomic E-state index is 7.13. The Morgan fingerprint density at radius 1 is 0.410 bits per heavy atom. The molecule has 0 unspecified atom stereocenters. The second kappa shape index (κ2) is 13.6. The first-order chi connectivity index (χ1) is 29.9. The van der Waals surface area contributed by atoms with E-state index >= 15 is 0 Å². The summed E-state index contributed by atoms with van der Waals surface area (Å²) in [4.78, 5) is 0. The smallest absolute Gasteiger partial charge is 0.256 e. The summed E-state index contributed by atoms with van der Waals surface area (Å²) in [5, 5.41) is 2.48. The first kappa shape index (κ1) is 35.6. The summed E-state index contributed by atoms with van der Waals surface area (Å²) in [5.41, 5.74) is 20.6. The van der Waals surface area contributed by atoms with Gasteiger partial charge in [-0.1, -0.05) is 185 Å². The monoisotopic (exact) mass is 779 g/mol. The van der Waals surface area contributed by atoms with Gasteiger partial charge in [0, 0.05) is 22.0 Å². The van der Waals surface area contributed by atoms with E-state index in [1.165, 1.54) is 99.5 Å². The number of hydrogen-bond donors (Lipinski definition) is 0. The van der Waals surface area contributed by atoms with Crippen molar-refractivity contribution in [3.8, 4) is 72.8 Å². The molecular weight excluding hydrogens is 737 g/mol. The average molecular weight is 780 g/mol. The van der Waals surface area contributed by atoms with Gasteiger partial charge in [-0.2, -0.15) is 0 Å². The van der Waals surface area contributed by atoms with Gasteiger partial charge in [-0.05, 0) is 119 Å². The summed E-state index contributed by atoms with van der Waals surface area (Å²) < 4.78 is 9.67. The summed E-state index contributed by atoms with van der Waals surface area (Å²) in [5.74, 6) is 1.86. The lowest BCUT2D eigenvalue weighted by Gasteiger charge is -2.35. The van der Waals surface area contributed by atoms with Gasteiger partial charge in [-0.15, -0.1) is 0 Å². The van der Waals surface area contributed by atoms with Crippen LogP contribution in [0.25, 0.3) is 83.1 Å². The maximum Gasteiger partial charge on any atom is 0.256 e. The Bertz CT molecular complexity index is 3360. The lowest BCUT2D eigenvalue weighted by molar-refractivity contribution is 0.483. The molecule has 2 aliphatic heterocycles. The van der Waals surface area contributed by atoms with Gasteiger partial charge in [0.25, 0.3) is 6.71 Å². The molecule has 0 N–H and O–H groups in total. The number of fused-ring (bicyclic) bond motifs is 7. The fraction of sp³-hybridized carbons (Fsp3) is 0.0690. The van der Waals surface area contributed by atoms with E-state index in [0.29, 0.717) is 0 Å². The van der Waals surface area contributed by atoms with Crippen LogP contribution in [-0.4, -0.2) is 11.3 Å². The van der Waals surface area contributed by atoms with E-state index in [2.05, 4.69) is 226 Å². The highest BCUT2D eigenvalue weighted by Crippen LogP contribution is 2.44. The summed E-state index contributed by atoms with van der Waals surface area (Å²) in [6, 6.07) is 73.7. The van der Waals surface area contributed by atoms with Crippen molar-refractivity contribution in [3.63, 3.8) is 0 Å². The highest BCUT2D eigenvalue weighted by atomic mass is 16.5. The first-order valence-corrected chi connectivity index (χ1v) is 21.4. The van der Waals surface area contributed by atoms with Crippen molar-refractivity contribution in [1.29, 1.82) is 0 Å². The fourth-order valence-corrected chi connectivity index (χ4v) is 10.1. The summed E-state index contributed by atoms with van der Waals surface area (Å²) >= 11 is 0. The molecule has 0 aliphatic carbocycles. The molecule has 0 radical (unpaired) electrons. The van der Waals surface area contributed by atoms with E-state index < -0.39 is 0 Å². The summed E-state index contributed by atoms with van der Waals surface area (Å²) in [6.45, 7) is 6.80. The number of rotatable bonds is 5. The Hall–Kier alpha value is -7.36. The average Bonchev–Trinajstić information content (AvgIpc) is 3.64. The van der Waals surface area contributed by atoms with Crippen LogP contribution in [0.1, 0.15) is 26.3 Å². The molecule has 288 valence electrons. The third kappa shape index (κ3) is 5.65. The van der Waals surface area contributed by atoms with Crippen LogP contribution in [0.15, 0.2) is 200 Å². The van der Waals surface area contributed by atoms with E-state index in [0.717, 1.165) is 17.1 Å². The van der Waals surface area contributed by atoms with Gasteiger partial charge in [0.15, 0.2) is 0 Å². The molecule has 0 bridgehead atoms. The number of ether oxygens (including phenoxy) is 1. The van der Waals surface area contributed by atoms with E-state index in [1.807, 2.05) is 0 Å². The van der Waals surface area contributed by atoms with Gasteiger partial charge >= 0.3 is 0 Å². The second-order valence-corrected chi connectivity index (χ2v) is 17.7. The number of hydrogen-bond acceptors (Lipinski definition) is 1. The van der Waals surface area contributed by atoms with Gasteiger partial charge in [0.05, 0.1) is 5.52 Å². The Morgan fingerprint density at radius 3 is 1.59 bits per heavy atom. The van der Waals surface area contributed by atoms with E-state index in [-0.39, 0.29) is 12.1 Å². The summed E-state index contributed by atoms with van der Waals surface area (Å²) in [7, 11) is 0. The molecule has 0 amide bonds. The Morgan fingerprint density at radius 2 is 0.967 bits per heavy atom. The minimum Gasteiger partial charge on any atom is -0.458 e. The third-order valence-electron chi connectivity index (χ3n) is 13.0. The standard InChI is InChI=1S/C58H42BNO/c1-58(2,3)43-28-29-50-54(36-43)61-55-35-41(37-17-7-4-8-18-37)34-53-56(55)59(50)51-33-42(47-26-16-14-24-45(47)39-21-11-6-12-22-39)32-49-48-31-40(27-30-52(48)60(53)57(49)51)46-25-15-13-23-44(46)38-19-9-5-10-20-38/h4-36H,1-3H3. The lowest BCUT2D eigenvalue weighted by atomic mass is 9.34. The molecule has 3 heteroatoms. The number of benzene rings is 9. The molecule has 2 nitrogen and oxygen atoms in total. The van der Waals surface area contributed by atoms with Crippen LogP contribution in [0.4, 0.5) is 0 Å². The van der Waals surface area contributed by atoms with E-state index in [4.69, 9.17) is 4.74 Å². The zero-order valence-electron chi connectivity index (χ0n) is 34.5. The van der Waals surface area contributed by atoms with Crippen molar-refractivity contribution in [3.05, 3.63) is 206 Å². The molecule has 0 atom stereocenters. The van der Waals surface area contributed by atoms with Gasteiger partial charge in [0.2, 0.25) is 0 Å². The summed E-state index contributed by atoms with van der Waals surface area (Å²) in [6.07, 6.45) is 0. The van der Waals surface area contributed by atoms with Crippen molar-refractivity contribution >= 4 is 44.9 Å². The molecule has 3 heterocycles. The maximum atomic E-state index is 7.13. The molecule has 2 aliphatic rings. The molecule has 0 spiro atoms. The molecule has 0 saturated heterocycles. The minimum atomic E-state index is -0.0333. The molecule has 1 aromatic heterocycles. The molecule has 61 heavy (non-hydrogen) atoms. The normalized spacial score (nSPS) is 12.6. The third-order valence-corrected chi connectivity index (χ3v) is 13.0. The molecule has 9 aromatic carbocycles. The van der Waals surface area contributed by atoms with Gasteiger partial charge in [0.1, 0.15) is 11.5 Å². The van der Waals surface area contributed by atoms with Crippen LogP contribution in [0, 0.1) is 0 Å². The molecule has 12 rings (SSSR count). The number of aromatic nitrogens is 1. The molecular formula is C58H42BNO. The topological polar surface area (TPSA) is 14.2 Å². The van der Waals surface area contributed by atoms with Crippen molar-refractivity contribution in [2.75, 3.05) is 0 Å². The highest BCUT2D eigenvalue weighted by molar-refractivity contribution is 6.99. The molecule has 0 saturated carbocycles. The van der Waals surface area contributed by atoms with Crippen LogP contribution in [0.2, 0.25) is 0 Å². The van der Waals surface area contributed by atoms with E-state index in [1.54, 1.807) is 0 Å². The minimum absolute atomic E-state index is 0.0279. The first-order valence-electron chi connectivity index (χ1n) is 21.4. The van der Waals surface area contributed by atoms with Crippen molar-refractivity contribution in [1.82, 2.24) is 4.57 Å². The largest absolute Gasteiger partial charge is 0.458 e. The molecule has 0 fully saturated rings. The zero-order chi connectivity index (χ0) is 40.8. The van der Waals surface area contributed by atoms with Crippen LogP contribution in [-0.2, 0) is 5.41 Å². The predicted octanol–water partition coefficient (Wildman–Crippen LogP) is 13.4. The highest BCUT2D eigenvalue weighted by Gasteiger charge is 2.41. The van der Waals surface area contributed by atoms with Crippen molar-refractivity contribution < 1.29 is 4.74 Å². The Labute approximate surface area is 357 Å². The van der Waals surface area contributed by atoms with Crippen LogP contribution < -0.4 is 21.1 Å². The zero-order valence-corrected chi connectivity index (χ0v) is 34.5. The van der Waals surface area contributed by atoms with Gasteiger partial charge in [-0.3, -0.25) is 0 Å². The quantitative estimate of drug-likeness (QED) is 0.159. The van der Waals surface area contributed by atoms with Crippen LogP contribution in [0.5, 0.6) is 11.5 Å². The van der Waals surface area contributed by atoms with Crippen molar-refractivity contribution in [2.24, 2.45) is 0 Å².